The summed E-state index contributed by atoms with van der Waals surface area (Å²) in [6, 6.07) is 4.39. The molecule has 1 fully saturated rings. The minimum Gasteiger partial charge on any atom is -0.353 e. The highest BCUT2D eigenvalue weighted by molar-refractivity contribution is 5.77. The number of aromatic nitrogens is 1. The van der Waals surface area contributed by atoms with Gasteiger partial charge in [0.15, 0.2) is 0 Å². The fourth-order valence-electron chi connectivity index (χ4n) is 3.02. The van der Waals surface area contributed by atoms with Crippen molar-refractivity contribution in [2.75, 3.05) is 6.54 Å². The summed E-state index contributed by atoms with van der Waals surface area (Å²) in [5.41, 5.74) is 7.20. The summed E-state index contributed by atoms with van der Waals surface area (Å²) in [5, 5.41) is 0. The molecular weight excluding hydrogens is 250 g/mol. The number of nitrogens with two attached hydrogens (primary N) is 1. The maximum absolute atomic E-state index is 12.6. The van der Waals surface area contributed by atoms with Crippen molar-refractivity contribution < 1.29 is 4.79 Å². The van der Waals surface area contributed by atoms with E-state index in [-0.39, 0.29) is 18.0 Å². The number of carbonyl (C=O) groups is 1. The fourth-order valence-corrected chi connectivity index (χ4v) is 3.02. The van der Waals surface area contributed by atoms with E-state index in [9.17, 15) is 4.79 Å². The van der Waals surface area contributed by atoms with Crippen LogP contribution in [0.3, 0.4) is 0 Å². The Balaban J connectivity index is 2.17. The fraction of sp³-hybridized carbons (Fsp3) is 0.688. The molecule has 1 aliphatic rings. The van der Waals surface area contributed by atoms with Gasteiger partial charge in [0.1, 0.15) is 0 Å². The molecule has 0 radical (unpaired) electrons. The van der Waals surface area contributed by atoms with E-state index in [4.69, 9.17) is 5.73 Å². The number of nitrogens with zero attached hydrogens (tertiary/aromatic N) is 2. The molecule has 2 rings (SSSR count). The van der Waals surface area contributed by atoms with Crippen LogP contribution in [-0.2, 0) is 11.8 Å². The van der Waals surface area contributed by atoms with Gasteiger partial charge in [-0.1, -0.05) is 19.8 Å². The number of likely N-dealkylation sites (tertiary alicyclic amines) is 1. The molecule has 1 aromatic rings. The molecule has 1 aromatic heterocycles. The van der Waals surface area contributed by atoms with Gasteiger partial charge in [-0.3, -0.25) is 4.79 Å². The Morgan fingerprint density at radius 3 is 2.90 bits per heavy atom. The Bertz CT molecular complexity index is 441. The van der Waals surface area contributed by atoms with Crippen molar-refractivity contribution in [3.8, 4) is 0 Å². The van der Waals surface area contributed by atoms with Crippen molar-refractivity contribution in [1.29, 1.82) is 0 Å². The van der Waals surface area contributed by atoms with Crippen LogP contribution in [0.25, 0.3) is 0 Å². The number of hydrogen-bond acceptors (Lipinski definition) is 2. The molecule has 0 saturated carbocycles. The Kier molecular flexibility index (Phi) is 5.24. The zero-order chi connectivity index (χ0) is 14.5. The van der Waals surface area contributed by atoms with E-state index >= 15 is 0 Å². The van der Waals surface area contributed by atoms with E-state index in [1.807, 2.05) is 6.92 Å². The quantitative estimate of drug-likeness (QED) is 0.919. The summed E-state index contributed by atoms with van der Waals surface area (Å²) in [6.07, 6.45) is 7.95. The van der Waals surface area contributed by atoms with Crippen LogP contribution in [0.2, 0.25) is 0 Å². The molecule has 4 nitrogen and oxygen atoms in total. The molecule has 20 heavy (non-hydrogen) atoms. The van der Waals surface area contributed by atoms with Crippen molar-refractivity contribution in [3.63, 3.8) is 0 Å². The monoisotopic (exact) mass is 277 g/mol. The second-order valence-electron chi connectivity index (χ2n) is 5.87. The summed E-state index contributed by atoms with van der Waals surface area (Å²) in [4.78, 5) is 14.6. The van der Waals surface area contributed by atoms with Gasteiger partial charge in [0.25, 0.3) is 0 Å². The molecule has 1 aliphatic heterocycles. The lowest BCUT2D eigenvalue weighted by Crippen LogP contribution is -2.38. The molecule has 2 N–H and O–H groups in total. The minimum absolute atomic E-state index is 0.0141. The van der Waals surface area contributed by atoms with Gasteiger partial charge in [-0.2, -0.15) is 0 Å². The molecule has 4 heteroatoms. The van der Waals surface area contributed by atoms with Gasteiger partial charge in [0.2, 0.25) is 5.91 Å². The van der Waals surface area contributed by atoms with Gasteiger partial charge >= 0.3 is 0 Å². The first-order valence-corrected chi connectivity index (χ1v) is 7.79. The molecule has 0 aliphatic carbocycles. The Hall–Kier alpha value is -1.29. The highest BCUT2D eigenvalue weighted by Crippen LogP contribution is 2.30. The maximum Gasteiger partial charge on any atom is 0.224 e. The normalized spacial score (nSPS) is 21.6. The number of amides is 1. The predicted octanol–water partition coefficient (Wildman–Crippen LogP) is 2.60. The molecule has 2 atom stereocenters. The molecule has 0 spiro atoms. The molecule has 1 amide bonds. The Morgan fingerprint density at radius 2 is 2.25 bits per heavy atom. The zero-order valence-electron chi connectivity index (χ0n) is 12.7. The van der Waals surface area contributed by atoms with Gasteiger partial charge in [-0.25, -0.2) is 0 Å². The van der Waals surface area contributed by atoms with Crippen LogP contribution >= 0.6 is 0 Å². The number of hydrogen-bond donors (Lipinski definition) is 1. The standard InChI is InChI=1S/C16H27N3O/c1-3-13(17)12-16(20)19-11-6-4-5-8-15(19)14-9-7-10-18(14)2/h7,9-10,13,15H,3-6,8,11-12,17H2,1-2H3. The van der Waals surface area contributed by atoms with Crippen LogP contribution in [0.5, 0.6) is 0 Å². The average Bonchev–Trinajstić information content (AvgIpc) is 2.72. The molecule has 2 unspecified atom stereocenters. The zero-order valence-corrected chi connectivity index (χ0v) is 12.7. The second kappa shape index (κ2) is 6.93. The molecule has 112 valence electrons. The summed E-state index contributed by atoms with van der Waals surface area (Å²) in [6.45, 7) is 2.90. The first kappa shape index (κ1) is 15.1. The third-order valence-corrected chi connectivity index (χ3v) is 4.36. The largest absolute Gasteiger partial charge is 0.353 e. The SMILES string of the molecule is CCC(N)CC(=O)N1CCCCCC1c1cccn1C. The van der Waals surface area contributed by atoms with Crippen LogP contribution in [0.15, 0.2) is 18.3 Å². The van der Waals surface area contributed by atoms with Crippen molar-refractivity contribution in [3.05, 3.63) is 24.0 Å². The summed E-state index contributed by atoms with van der Waals surface area (Å²) in [5.74, 6) is 0.215. The van der Waals surface area contributed by atoms with Crippen LogP contribution in [0, 0.1) is 0 Å². The summed E-state index contributed by atoms with van der Waals surface area (Å²) < 4.78 is 2.13. The maximum atomic E-state index is 12.6. The molecule has 0 aromatic carbocycles. The highest BCUT2D eigenvalue weighted by atomic mass is 16.2. The highest BCUT2D eigenvalue weighted by Gasteiger charge is 2.28. The van der Waals surface area contributed by atoms with Crippen molar-refractivity contribution >= 4 is 5.91 Å². The van der Waals surface area contributed by atoms with Crippen LogP contribution in [0.1, 0.15) is 57.2 Å². The van der Waals surface area contributed by atoms with Crippen LogP contribution in [-0.4, -0.2) is 28.0 Å². The molecule has 2 heterocycles. The second-order valence-corrected chi connectivity index (χ2v) is 5.87. The summed E-state index contributed by atoms with van der Waals surface area (Å²) in [7, 11) is 2.06. The Morgan fingerprint density at radius 1 is 1.45 bits per heavy atom. The van der Waals surface area contributed by atoms with Crippen LogP contribution in [0.4, 0.5) is 0 Å². The first-order valence-electron chi connectivity index (χ1n) is 7.79. The first-order chi connectivity index (χ1) is 9.63. The molecule has 0 bridgehead atoms. The van der Waals surface area contributed by atoms with Gasteiger partial charge in [0.05, 0.1) is 6.04 Å². The van der Waals surface area contributed by atoms with Crippen LogP contribution < -0.4 is 5.73 Å². The van der Waals surface area contributed by atoms with E-state index in [1.54, 1.807) is 0 Å². The number of carbonyl (C=O) groups excluding carboxylic acids is 1. The van der Waals surface area contributed by atoms with E-state index in [0.717, 1.165) is 25.8 Å². The van der Waals surface area contributed by atoms with Gasteiger partial charge < -0.3 is 15.2 Å². The van der Waals surface area contributed by atoms with Gasteiger partial charge in [-0.15, -0.1) is 0 Å². The third-order valence-electron chi connectivity index (χ3n) is 4.36. The average molecular weight is 277 g/mol. The van der Waals surface area contributed by atoms with Crippen molar-refractivity contribution in [1.82, 2.24) is 9.47 Å². The van der Waals surface area contributed by atoms with E-state index < -0.39 is 0 Å². The van der Waals surface area contributed by atoms with Crippen molar-refractivity contribution in [2.24, 2.45) is 12.8 Å². The molecular formula is C16H27N3O. The minimum atomic E-state index is -0.0141. The third kappa shape index (κ3) is 3.42. The van der Waals surface area contributed by atoms with Gasteiger partial charge in [0, 0.05) is 37.9 Å². The topological polar surface area (TPSA) is 51.3 Å². The van der Waals surface area contributed by atoms with E-state index in [2.05, 4.69) is 34.8 Å². The Labute approximate surface area is 121 Å². The lowest BCUT2D eigenvalue weighted by atomic mass is 10.0. The van der Waals surface area contributed by atoms with E-state index in [0.29, 0.717) is 6.42 Å². The van der Waals surface area contributed by atoms with Gasteiger partial charge in [-0.05, 0) is 31.4 Å². The van der Waals surface area contributed by atoms with Crippen molar-refractivity contribution in [2.45, 2.75) is 57.5 Å². The summed E-state index contributed by atoms with van der Waals surface area (Å²) >= 11 is 0. The number of aryl methyl sites for hydroxylation is 1. The molecule has 1 saturated heterocycles. The van der Waals surface area contributed by atoms with E-state index in [1.165, 1.54) is 18.5 Å². The lowest BCUT2D eigenvalue weighted by molar-refractivity contribution is -0.134. The smallest absolute Gasteiger partial charge is 0.224 e. The lowest BCUT2D eigenvalue weighted by Gasteiger charge is -2.31. The predicted molar refractivity (Wildman–Crippen MR) is 81.2 cm³/mol. The number of rotatable bonds is 4.